The Morgan fingerprint density at radius 3 is 2.78 bits per heavy atom. The third-order valence-corrected chi connectivity index (χ3v) is 4.55. The minimum atomic E-state index is -1.67. The molecule has 4 rings (SSSR count). The molecule has 0 saturated heterocycles. The first-order valence-electron chi connectivity index (χ1n) is 8.33. The summed E-state index contributed by atoms with van der Waals surface area (Å²) in [4.78, 5) is 3.85. The monoisotopic (exact) mass is 372 g/mol. The number of β-amino-alcohol motifs (C(OH)–C–C–N with tert-alkyl or cyclic N) is 1. The molecule has 1 aliphatic rings. The normalized spacial score (nSPS) is 16.0. The Hall–Kier alpha value is -3.04. The standard InChI is InChI=1S/C18H18F2N6O/c19-13-2-4-15(16(20)5-13)18(27,9-26-11-22-10-23-26)8-25-7-12-1-3-14(21)6-17(12)24-25/h1-6,10-11,24,27H,7-9,21H2. The summed E-state index contributed by atoms with van der Waals surface area (Å²) in [6.07, 6.45) is 2.76. The lowest BCUT2D eigenvalue weighted by Gasteiger charge is -2.33. The summed E-state index contributed by atoms with van der Waals surface area (Å²) >= 11 is 0. The molecule has 2 heterocycles. The summed E-state index contributed by atoms with van der Waals surface area (Å²) in [6, 6.07) is 8.62. The van der Waals surface area contributed by atoms with Crippen molar-refractivity contribution in [2.75, 3.05) is 17.7 Å². The molecule has 1 aliphatic heterocycles. The molecule has 0 aliphatic carbocycles. The maximum Gasteiger partial charge on any atom is 0.137 e. The number of nitrogen functional groups attached to an aromatic ring is 1. The van der Waals surface area contributed by atoms with Gasteiger partial charge in [0.25, 0.3) is 0 Å². The number of nitrogens with one attached hydrogen (secondary N) is 1. The zero-order valence-electron chi connectivity index (χ0n) is 14.3. The van der Waals surface area contributed by atoms with E-state index in [-0.39, 0.29) is 18.7 Å². The lowest BCUT2D eigenvalue weighted by Crippen LogP contribution is -2.45. The number of benzene rings is 2. The Balaban J connectivity index is 1.64. The smallest absolute Gasteiger partial charge is 0.137 e. The largest absolute Gasteiger partial charge is 0.399 e. The predicted molar refractivity (Wildman–Crippen MR) is 95.2 cm³/mol. The van der Waals surface area contributed by atoms with Crippen molar-refractivity contribution in [1.29, 1.82) is 0 Å². The first-order valence-corrected chi connectivity index (χ1v) is 8.33. The van der Waals surface area contributed by atoms with E-state index in [1.54, 1.807) is 17.1 Å². The molecule has 3 aromatic rings. The fourth-order valence-electron chi connectivity index (χ4n) is 3.33. The Kier molecular flexibility index (Phi) is 4.25. The summed E-state index contributed by atoms with van der Waals surface area (Å²) < 4.78 is 29.2. The third-order valence-electron chi connectivity index (χ3n) is 4.55. The molecule has 9 heteroatoms. The van der Waals surface area contributed by atoms with Crippen LogP contribution in [0.4, 0.5) is 20.2 Å². The molecule has 0 fully saturated rings. The van der Waals surface area contributed by atoms with E-state index >= 15 is 0 Å². The molecular weight excluding hydrogens is 354 g/mol. The van der Waals surface area contributed by atoms with Gasteiger partial charge in [-0.25, -0.2) is 23.5 Å². The molecule has 0 radical (unpaired) electrons. The van der Waals surface area contributed by atoms with Crippen LogP contribution in [0.15, 0.2) is 49.1 Å². The molecule has 0 amide bonds. The van der Waals surface area contributed by atoms with E-state index in [0.717, 1.165) is 23.4 Å². The highest BCUT2D eigenvalue weighted by molar-refractivity contribution is 5.61. The van der Waals surface area contributed by atoms with E-state index < -0.39 is 17.2 Å². The fraction of sp³-hybridized carbons (Fsp3) is 0.222. The number of nitrogens with zero attached hydrogens (tertiary/aromatic N) is 4. The average molecular weight is 372 g/mol. The van der Waals surface area contributed by atoms with Crippen LogP contribution in [0.25, 0.3) is 0 Å². The highest BCUT2D eigenvalue weighted by Crippen LogP contribution is 2.32. The summed E-state index contributed by atoms with van der Waals surface area (Å²) in [6.45, 7) is 0.480. The van der Waals surface area contributed by atoms with Crippen molar-refractivity contribution < 1.29 is 13.9 Å². The minimum Gasteiger partial charge on any atom is -0.399 e. The van der Waals surface area contributed by atoms with Crippen LogP contribution >= 0.6 is 0 Å². The highest BCUT2D eigenvalue weighted by atomic mass is 19.1. The number of nitrogens with two attached hydrogens (primary N) is 1. The number of aliphatic hydroxyl groups is 1. The van der Waals surface area contributed by atoms with Crippen molar-refractivity contribution in [2.24, 2.45) is 0 Å². The van der Waals surface area contributed by atoms with Crippen LogP contribution < -0.4 is 11.2 Å². The van der Waals surface area contributed by atoms with Gasteiger partial charge in [0.1, 0.15) is 29.9 Å². The van der Waals surface area contributed by atoms with Crippen molar-refractivity contribution in [1.82, 2.24) is 19.8 Å². The van der Waals surface area contributed by atoms with Crippen LogP contribution in [0.5, 0.6) is 0 Å². The van der Waals surface area contributed by atoms with Gasteiger partial charge in [-0.3, -0.25) is 0 Å². The van der Waals surface area contributed by atoms with Gasteiger partial charge in [-0.15, -0.1) is 0 Å². The summed E-state index contributed by atoms with van der Waals surface area (Å²) in [5, 5.41) is 17.1. The van der Waals surface area contributed by atoms with Crippen molar-refractivity contribution in [3.63, 3.8) is 0 Å². The van der Waals surface area contributed by atoms with Gasteiger partial charge in [0.15, 0.2) is 0 Å². The molecule has 4 N–H and O–H groups in total. The van der Waals surface area contributed by atoms with Gasteiger partial charge in [0.05, 0.1) is 18.8 Å². The van der Waals surface area contributed by atoms with E-state index in [1.165, 1.54) is 23.4 Å². The Morgan fingerprint density at radius 1 is 1.19 bits per heavy atom. The van der Waals surface area contributed by atoms with E-state index in [4.69, 9.17) is 5.73 Å². The topological polar surface area (TPSA) is 92.2 Å². The van der Waals surface area contributed by atoms with Gasteiger partial charge in [-0.1, -0.05) is 12.1 Å². The number of hydrogen-bond donors (Lipinski definition) is 3. The second-order valence-corrected chi connectivity index (χ2v) is 6.63. The number of fused-ring (bicyclic) bond motifs is 1. The minimum absolute atomic E-state index is 0.0170. The first-order chi connectivity index (χ1) is 12.9. The van der Waals surface area contributed by atoms with Gasteiger partial charge >= 0.3 is 0 Å². The van der Waals surface area contributed by atoms with Crippen molar-refractivity contribution in [2.45, 2.75) is 18.7 Å². The lowest BCUT2D eigenvalue weighted by molar-refractivity contribution is -0.0160. The Bertz CT molecular complexity index is 964. The number of hydrazine groups is 1. The second-order valence-electron chi connectivity index (χ2n) is 6.63. The first kappa shape index (κ1) is 17.4. The van der Waals surface area contributed by atoms with Gasteiger partial charge in [-0.2, -0.15) is 5.10 Å². The van der Waals surface area contributed by atoms with Crippen LogP contribution in [-0.4, -0.2) is 31.4 Å². The lowest BCUT2D eigenvalue weighted by atomic mass is 9.92. The summed E-state index contributed by atoms with van der Waals surface area (Å²) in [7, 11) is 0. The number of rotatable bonds is 5. The molecule has 0 bridgehead atoms. The zero-order chi connectivity index (χ0) is 19.0. The van der Waals surface area contributed by atoms with Gasteiger partial charge < -0.3 is 16.3 Å². The second kappa shape index (κ2) is 6.60. The molecule has 0 spiro atoms. The summed E-state index contributed by atoms with van der Waals surface area (Å²) in [5.74, 6) is -1.53. The molecule has 2 aromatic carbocycles. The van der Waals surface area contributed by atoms with E-state index in [9.17, 15) is 13.9 Å². The van der Waals surface area contributed by atoms with Crippen LogP contribution in [0.2, 0.25) is 0 Å². The predicted octanol–water partition coefficient (Wildman–Crippen LogP) is 1.87. The van der Waals surface area contributed by atoms with Crippen LogP contribution in [-0.2, 0) is 18.7 Å². The third kappa shape index (κ3) is 3.46. The molecule has 7 nitrogen and oxygen atoms in total. The zero-order valence-corrected chi connectivity index (χ0v) is 14.3. The van der Waals surface area contributed by atoms with Gasteiger partial charge in [0.2, 0.25) is 0 Å². The molecule has 27 heavy (non-hydrogen) atoms. The van der Waals surface area contributed by atoms with Crippen molar-refractivity contribution in [3.8, 4) is 0 Å². The number of aromatic nitrogens is 3. The highest BCUT2D eigenvalue weighted by Gasteiger charge is 2.37. The molecular formula is C18H18F2N6O. The average Bonchev–Trinajstić information content (AvgIpc) is 3.23. The van der Waals surface area contributed by atoms with E-state index in [1.807, 2.05) is 6.07 Å². The number of hydrogen-bond acceptors (Lipinski definition) is 6. The number of halogens is 2. The van der Waals surface area contributed by atoms with E-state index in [0.29, 0.717) is 12.2 Å². The van der Waals surface area contributed by atoms with Gasteiger partial charge in [-0.05, 0) is 23.8 Å². The number of anilines is 2. The maximum absolute atomic E-state index is 14.5. The fourth-order valence-corrected chi connectivity index (χ4v) is 3.33. The Labute approximate surface area is 154 Å². The molecule has 140 valence electrons. The van der Waals surface area contributed by atoms with Crippen molar-refractivity contribution >= 4 is 11.4 Å². The van der Waals surface area contributed by atoms with Gasteiger partial charge in [0, 0.05) is 23.9 Å². The van der Waals surface area contributed by atoms with Crippen LogP contribution in [0.3, 0.4) is 0 Å². The molecule has 1 atom stereocenters. The molecule has 0 saturated carbocycles. The SMILES string of the molecule is Nc1ccc2c(c1)NN(CC(O)(Cn1cncn1)c1ccc(F)cc1F)C2. The van der Waals surface area contributed by atoms with E-state index in [2.05, 4.69) is 15.5 Å². The van der Waals surface area contributed by atoms with Crippen LogP contribution in [0, 0.1) is 11.6 Å². The summed E-state index contributed by atoms with van der Waals surface area (Å²) in [5.41, 5.74) is 9.73. The molecule has 1 aromatic heterocycles. The maximum atomic E-state index is 14.5. The van der Waals surface area contributed by atoms with Crippen LogP contribution in [0.1, 0.15) is 11.1 Å². The molecule has 1 unspecified atom stereocenters. The van der Waals surface area contributed by atoms with Crippen molar-refractivity contribution in [3.05, 3.63) is 71.8 Å². The Morgan fingerprint density at radius 2 is 2.04 bits per heavy atom. The quantitative estimate of drug-likeness (QED) is 0.592.